The van der Waals surface area contributed by atoms with Crippen molar-refractivity contribution in [1.82, 2.24) is 4.31 Å². The summed E-state index contributed by atoms with van der Waals surface area (Å²) in [7, 11) is -0.252. The van der Waals surface area contributed by atoms with Crippen LogP contribution >= 0.6 is 0 Å². The topological polar surface area (TPSA) is 73.2 Å². The summed E-state index contributed by atoms with van der Waals surface area (Å²) >= 11 is 0. The van der Waals surface area contributed by atoms with Crippen molar-refractivity contribution in [1.29, 1.82) is 5.26 Å². The molecule has 0 aliphatic rings. The monoisotopic (exact) mass is 281 g/mol. The minimum atomic E-state index is -3.54. The van der Waals surface area contributed by atoms with Gasteiger partial charge in [0.25, 0.3) is 0 Å². The van der Waals surface area contributed by atoms with Gasteiger partial charge in [-0.1, -0.05) is 0 Å². The van der Waals surface area contributed by atoms with Crippen LogP contribution in [0.15, 0.2) is 17.0 Å². The van der Waals surface area contributed by atoms with Crippen LogP contribution in [0.25, 0.3) is 0 Å². The lowest BCUT2D eigenvalue weighted by molar-refractivity contribution is 0.475. The maximum atomic E-state index is 12.5. The number of rotatable bonds is 5. The standard InChI is InChI=1S/C13H19N3O2S/c1-10-8-12(15-3)9-11(2)13(10)19(17,18)16(4)7-5-6-14/h8-9,15H,5,7H2,1-4H3. The van der Waals surface area contributed by atoms with E-state index in [0.717, 1.165) is 5.69 Å². The number of hydrogen-bond donors (Lipinski definition) is 1. The molecule has 0 heterocycles. The third kappa shape index (κ3) is 3.25. The van der Waals surface area contributed by atoms with Gasteiger partial charge in [0.1, 0.15) is 0 Å². The molecular weight excluding hydrogens is 262 g/mol. The van der Waals surface area contributed by atoms with Crippen molar-refractivity contribution in [3.63, 3.8) is 0 Å². The number of hydrogen-bond acceptors (Lipinski definition) is 4. The fourth-order valence-corrected chi connectivity index (χ4v) is 3.56. The van der Waals surface area contributed by atoms with Gasteiger partial charge in [0.2, 0.25) is 10.0 Å². The number of sulfonamides is 1. The average Bonchev–Trinajstić information content (AvgIpc) is 2.34. The number of nitrogens with one attached hydrogen (secondary N) is 1. The van der Waals surface area contributed by atoms with Gasteiger partial charge in [-0.05, 0) is 37.1 Å². The molecule has 1 rings (SSSR count). The van der Waals surface area contributed by atoms with Crippen LogP contribution in [0.1, 0.15) is 17.5 Å². The molecule has 6 heteroatoms. The Balaban J connectivity index is 3.26. The van der Waals surface area contributed by atoms with Crippen LogP contribution in [0.3, 0.4) is 0 Å². The molecular formula is C13H19N3O2S. The highest BCUT2D eigenvalue weighted by Crippen LogP contribution is 2.26. The van der Waals surface area contributed by atoms with Crippen molar-refractivity contribution >= 4 is 15.7 Å². The molecule has 0 bridgehead atoms. The molecule has 1 aromatic rings. The van der Waals surface area contributed by atoms with Crippen LogP contribution in [0.5, 0.6) is 0 Å². The van der Waals surface area contributed by atoms with E-state index in [-0.39, 0.29) is 13.0 Å². The molecule has 19 heavy (non-hydrogen) atoms. The maximum Gasteiger partial charge on any atom is 0.243 e. The SMILES string of the molecule is CNc1cc(C)c(S(=O)(=O)N(C)CCC#N)c(C)c1. The van der Waals surface area contributed by atoms with Crippen molar-refractivity contribution in [3.8, 4) is 6.07 Å². The van der Waals surface area contributed by atoms with E-state index >= 15 is 0 Å². The van der Waals surface area contributed by atoms with E-state index < -0.39 is 10.0 Å². The summed E-state index contributed by atoms with van der Waals surface area (Å²) in [6.07, 6.45) is 0.183. The molecule has 5 nitrogen and oxygen atoms in total. The second-order valence-electron chi connectivity index (χ2n) is 4.42. The zero-order valence-electron chi connectivity index (χ0n) is 11.7. The third-order valence-corrected chi connectivity index (χ3v) is 5.12. The fourth-order valence-electron chi connectivity index (χ4n) is 1.98. The molecule has 104 valence electrons. The summed E-state index contributed by atoms with van der Waals surface area (Å²) in [5.74, 6) is 0. The molecule has 0 spiro atoms. The van der Waals surface area contributed by atoms with Crippen LogP contribution in [-0.4, -0.2) is 33.4 Å². The smallest absolute Gasteiger partial charge is 0.243 e. The van der Waals surface area contributed by atoms with Crippen molar-refractivity contribution < 1.29 is 8.42 Å². The molecule has 0 aromatic heterocycles. The summed E-state index contributed by atoms with van der Waals surface area (Å²) < 4.78 is 26.2. The molecule has 0 amide bonds. The highest BCUT2D eigenvalue weighted by atomic mass is 32.2. The van der Waals surface area contributed by atoms with Crippen molar-refractivity contribution in [3.05, 3.63) is 23.3 Å². The van der Waals surface area contributed by atoms with E-state index in [0.29, 0.717) is 16.0 Å². The van der Waals surface area contributed by atoms with Crippen LogP contribution in [0.2, 0.25) is 0 Å². The van der Waals surface area contributed by atoms with E-state index in [1.54, 1.807) is 33.0 Å². The molecule has 0 atom stereocenters. The zero-order chi connectivity index (χ0) is 14.6. The van der Waals surface area contributed by atoms with Crippen LogP contribution < -0.4 is 5.32 Å². The third-order valence-electron chi connectivity index (χ3n) is 2.96. The lowest BCUT2D eigenvalue weighted by Crippen LogP contribution is -2.29. The maximum absolute atomic E-state index is 12.5. The summed E-state index contributed by atoms with van der Waals surface area (Å²) in [6, 6.07) is 5.56. The Morgan fingerprint density at radius 1 is 1.32 bits per heavy atom. The number of aryl methyl sites for hydroxylation is 2. The van der Waals surface area contributed by atoms with Gasteiger partial charge in [0.15, 0.2) is 0 Å². The van der Waals surface area contributed by atoms with E-state index in [2.05, 4.69) is 5.32 Å². The predicted octanol–water partition coefficient (Wildman–Crippen LogP) is 1.88. The lowest BCUT2D eigenvalue weighted by atomic mass is 10.1. The van der Waals surface area contributed by atoms with Crippen molar-refractivity contribution in [2.45, 2.75) is 25.2 Å². The number of anilines is 1. The van der Waals surface area contributed by atoms with Gasteiger partial charge in [-0.3, -0.25) is 0 Å². The van der Waals surface area contributed by atoms with Crippen molar-refractivity contribution in [2.75, 3.05) is 26.0 Å². The first-order chi connectivity index (χ1) is 8.84. The molecule has 0 aliphatic carbocycles. The first kappa shape index (κ1) is 15.5. The van der Waals surface area contributed by atoms with Gasteiger partial charge in [-0.25, -0.2) is 8.42 Å². The van der Waals surface area contributed by atoms with E-state index in [4.69, 9.17) is 5.26 Å². The Labute approximate surface area is 114 Å². The summed E-state index contributed by atoms with van der Waals surface area (Å²) in [6.45, 7) is 3.75. The van der Waals surface area contributed by atoms with Crippen LogP contribution in [0.4, 0.5) is 5.69 Å². The molecule has 0 saturated carbocycles. The largest absolute Gasteiger partial charge is 0.388 e. The highest BCUT2D eigenvalue weighted by Gasteiger charge is 2.24. The molecule has 1 N–H and O–H groups in total. The van der Waals surface area contributed by atoms with Crippen molar-refractivity contribution in [2.24, 2.45) is 0 Å². The van der Waals surface area contributed by atoms with E-state index in [1.807, 2.05) is 6.07 Å². The second-order valence-corrected chi connectivity index (χ2v) is 6.41. The van der Waals surface area contributed by atoms with Crippen LogP contribution in [-0.2, 0) is 10.0 Å². The second kappa shape index (κ2) is 6.04. The first-order valence-corrected chi connectivity index (χ1v) is 7.41. The highest BCUT2D eigenvalue weighted by molar-refractivity contribution is 7.89. The average molecular weight is 281 g/mol. The first-order valence-electron chi connectivity index (χ1n) is 5.97. The molecule has 0 fully saturated rings. The quantitative estimate of drug-likeness (QED) is 0.894. The van der Waals surface area contributed by atoms with Gasteiger partial charge in [0, 0.05) is 32.7 Å². The summed E-state index contributed by atoms with van der Waals surface area (Å²) in [5, 5.41) is 11.5. The Kier molecular flexibility index (Phi) is 4.92. The van der Waals surface area contributed by atoms with E-state index in [9.17, 15) is 8.42 Å². The minimum Gasteiger partial charge on any atom is -0.388 e. The Morgan fingerprint density at radius 2 is 1.84 bits per heavy atom. The predicted molar refractivity (Wildman–Crippen MR) is 75.5 cm³/mol. The van der Waals surface area contributed by atoms with Gasteiger partial charge in [-0.2, -0.15) is 9.57 Å². The van der Waals surface area contributed by atoms with Gasteiger partial charge < -0.3 is 5.32 Å². The van der Waals surface area contributed by atoms with Gasteiger partial charge in [0.05, 0.1) is 11.0 Å². The Bertz CT molecular complexity index is 580. The molecule has 0 saturated heterocycles. The summed E-state index contributed by atoms with van der Waals surface area (Å²) in [5.41, 5.74) is 2.29. The van der Waals surface area contributed by atoms with E-state index in [1.165, 1.54) is 11.4 Å². The molecule has 1 aromatic carbocycles. The molecule has 0 aliphatic heterocycles. The number of nitrogens with zero attached hydrogens (tertiary/aromatic N) is 2. The van der Waals surface area contributed by atoms with Gasteiger partial charge in [-0.15, -0.1) is 0 Å². The normalized spacial score (nSPS) is 11.4. The Morgan fingerprint density at radius 3 is 2.26 bits per heavy atom. The number of nitriles is 1. The zero-order valence-corrected chi connectivity index (χ0v) is 12.5. The Hall–Kier alpha value is -1.58. The fraction of sp³-hybridized carbons (Fsp3) is 0.462. The summed E-state index contributed by atoms with van der Waals surface area (Å²) in [4.78, 5) is 0.326. The van der Waals surface area contributed by atoms with Gasteiger partial charge >= 0.3 is 0 Å². The lowest BCUT2D eigenvalue weighted by Gasteiger charge is -2.19. The number of benzene rings is 1. The minimum absolute atomic E-state index is 0.183. The molecule has 0 radical (unpaired) electrons. The molecule has 0 unspecified atom stereocenters. The van der Waals surface area contributed by atoms with Crippen LogP contribution in [0, 0.1) is 25.2 Å².